The van der Waals surface area contributed by atoms with E-state index in [0.717, 1.165) is 0 Å². The summed E-state index contributed by atoms with van der Waals surface area (Å²) in [7, 11) is 3.22. The van der Waals surface area contributed by atoms with E-state index in [4.69, 9.17) is 21.1 Å². The quantitative estimate of drug-likeness (QED) is 0.762. The van der Waals surface area contributed by atoms with Crippen molar-refractivity contribution >= 4 is 17.5 Å². The van der Waals surface area contributed by atoms with Crippen LogP contribution in [0.4, 0.5) is 0 Å². The minimum Gasteiger partial charge on any atom is -0.383 e. The van der Waals surface area contributed by atoms with E-state index in [0.29, 0.717) is 36.9 Å². The van der Waals surface area contributed by atoms with Gasteiger partial charge in [-0.25, -0.2) is 0 Å². The van der Waals surface area contributed by atoms with E-state index in [2.05, 4.69) is 0 Å². The lowest BCUT2D eigenvalue weighted by molar-refractivity contribution is 0.0627. The van der Waals surface area contributed by atoms with Gasteiger partial charge in [0, 0.05) is 37.9 Å². The van der Waals surface area contributed by atoms with Gasteiger partial charge in [0.25, 0.3) is 5.91 Å². The molecule has 100 valence electrons. The van der Waals surface area contributed by atoms with Crippen LogP contribution in [-0.4, -0.2) is 51.3 Å². The van der Waals surface area contributed by atoms with Crippen LogP contribution in [0.15, 0.2) is 24.3 Å². The fourth-order valence-electron chi connectivity index (χ4n) is 1.52. The van der Waals surface area contributed by atoms with Crippen molar-refractivity contribution in [2.24, 2.45) is 0 Å². The number of rotatable bonds is 7. The first-order valence-corrected chi connectivity index (χ1v) is 6.09. The second-order valence-electron chi connectivity index (χ2n) is 3.79. The van der Waals surface area contributed by atoms with Crippen molar-refractivity contribution in [1.82, 2.24) is 4.90 Å². The molecule has 0 saturated carbocycles. The molecular weight excluding hydrogens is 254 g/mol. The predicted molar refractivity (Wildman–Crippen MR) is 71.1 cm³/mol. The van der Waals surface area contributed by atoms with Crippen LogP contribution in [0.1, 0.15) is 10.4 Å². The van der Waals surface area contributed by atoms with Gasteiger partial charge in [0.2, 0.25) is 0 Å². The maximum Gasteiger partial charge on any atom is 0.254 e. The smallest absolute Gasteiger partial charge is 0.254 e. The highest BCUT2D eigenvalue weighted by Crippen LogP contribution is 2.12. The van der Waals surface area contributed by atoms with Crippen molar-refractivity contribution in [1.29, 1.82) is 0 Å². The lowest BCUT2D eigenvalue weighted by atomic mass is 10.2. The molecule has 0 saturated heterocycles. The third-order valence-corrected chi connectivity index (χ3v) is 2.72. The number of nitrogens with zero attached hydrogens (tertiary/aromatic N) is 1. The summed E-state index contributed by atoms with van der Waals surface area (Å²) >= 11 is 5.88. The molecule has 0 aliphatic carbocycles. The monoisotopic (exact) mass is 271 g/mol. The van der Waals surface area contributed by atoms with Crippen LogP contribution >= 0.6 is 11.6 Å². The fraction of sp³-hybridized carbons (Fsp3) is 0.462. The van der Waals surface area contributed by atoms with Crippen LogP contribution in [-0.2, 0) is 9.47 Å². The van der Waals surface area contributed by atoms with Crippen LogP contribution in [0, 0.1) is 0 Å². The highest BCUT2D eigenvalue weighted by atomic mass is 35.5. The summed E-state index contributed by atoms with van der Waals surface area (Å²) in [5.74, 6) is -0.0633. The number of carbonyl (C=O) groups excluding carboxylic acids is 1. The maximum absolute atomic E-state index is 12.3. The molecule has 0 aliphatic rings. The Morgan fingerprint density at radius 3 is 2.33 bits per heavy atom. The lowest BCUT2D eigenvalue weighted by Crippen LogP contribution is -2.36. The summed E-state index contributed by atoms with van der Waals surface area (Å²) in [5.41, 5.74) is 0.578. The number of halogens is 1. The van der Waals surface area contributed by atoms with E-state index in [1.807, 2.05) is 0 Å². The Hall–Kier alpha value is -1.10. The van der Waals surface area contributed by atoms with Crippen molar-refractivity contribution in [2.75, 3.05) is 40.5 Å². The Labute approximate surface area is 112 Å². The highest BCUT2D eigenvalue weighted by Gasteiger charge is 2.15. The second-order valence-corrected chi connectivity index (χ2v) is 4.22. The van der Waals surface area contributed by atoms with Crippen molar-refractivity contribution in [3.8, 4) is 0 Å². The van der Waals surface area contributed by atoms with Crippen molar-refractivity contribution in [2.45, 2.75) is 0 Å². The minimum absolute atomic E-state index is 0.0633. The zero-order valence-corrected chi connectivity index (χ0v) is 11.4. The molecule has 0 heterocycles. The van der Waals surface area contributed by atoms with Gasteiger partial charge in [-0.1, -0.05) is 17.7 Å². The molecule has 0 aliphatic heterocycles. The van der Waals surface area contributed by atoms with Gasteiger partial charge in [0.1, 0.15) is 0 Å². The zero-order valence-electron chi connectivity index (χ0n) is 10.7. The number of ether oxygens (including phenoxy) is 2. The topological polar surface area (TPSA) is 38.8 Å². The van der Waals surface area contributed by atoms with E-state index < -0.39 is 0 Å². The molecule has 0 N–H and O–H groups in total. The SMILES string of the molecule is COCCN(CCOC)C(=O)c1cccc(Cl)c1. The van der Waals surface area contributed by atoms with Gasteiger partial charge in [-0.2, -0.15) is 0 Å². The van der Waals surface area contributed by atoms with Crippen LogP contribution in [0.25, 0.3) is 0 Å². The average molecular weight is 272 g/mol. The number of amides is 1. The molecule has 0 fully saturated rings. The highest BCUT2D eigenvalue weighted by molar-refractivity contribution is 6.30. The van der Waals surface area contributed by atoms with Crippen molar-refractivity contribution in [3.05, 3.63) is 34.9 Å². The molecule has 1 amide bonds. The molecule has 0 unspecified atom stereocenters. The van der Waals surface area contributed by atoms with Gasteiger partial charge in [-0.05, 0) is 18.2 Å². The van der Waals surface area contributed by atoms with E-state index in [1.54, 1.807) is 43.4 Å². The number of hydrogen-bond donors (Lipinski definition) is 0. The molecule has 0 spiro atoms. The number of carbonyl (C=O) groups is 1. The zero-order chi connectivity index (χ0) is 13.4. The largest absolute Gasteiger partial charge is 0.383 e. The summed E-state index contributed by atoms with van der Waals surface area (Å²) < 4.78 is 10.0. The summed E-state index contributed by atoms with van der Waals surface area (Å²) in [4.78, 5) is 14.0. The Bertz CT molecular complexity index is 376. The van der Waals surface area contributed by atoms with Gasteiger partial charge < -0.3 is 14.4 Å². The first-order valence-electron chi connectivity index (χ1n) is 5.71. The van der Waals surface area contributed by atoms with Crippen LogP contribution < -0.4 is 0 Å². The third-order valence-electron chi connectivity index (χ3n) is 2.49. The van der Waals surface area contributed by atoms with Crippen LogP contribution in [0.2, 0.25) is 5.02 Å². The standard InChI is InChI=1S/C13H18ClNO3/c1-17-8-6-15(7-9-18-2)13(16)11-4-3-5-12(14)10-11/h3-5,10H,6-9H2,1-2H3. The maximum atomic E-state index is 12.3. The molecule has 4 nitrogen and oxygen atoms in total. The van der Waals surface area contributed by atoms with E-state index in [-0.39, 0.29) is 5.91 Å². The fourth-order valence-corrected chi connectivity index (χ4v) is 1.71. The molecule has 0 radical (unpaired) electrons. The van der Waals surface area contributed by atoms with Gasteiger partial charge in [-0.3, -0.25) is 4.79 Å². The molecule has 1 rings (SSSR count). The van der Waals surface area contributed by atoms with E-state index in [9.17, 15) is 4.79 Å². The van der Waals surface area contributed by atoms with Gasteiger partial charge in [0.15, 0.2) is 0 Å². The van der Waals surface area contributed by atoms with Crippen LogP contribution in [0.5, 0.6) is 0 Å². The van der Waals surface area contributed by atoms with Gasteiger partial charge >= 0.3 is 0 Å². The minimum atomic E-state index is -0.0633. The van der Waals surface area contributed by atoms with Crippen LogP contribution in [0.3, 0.4) is 0 Å². The Kier molecular flexibility index (Phi) is 6.72. The number of hydrogen-bond acceptors (Lipinski definition) is 3. The Balaban J connectivity index is 2.73. The summed E-state index contributed by atoms with van der Waals surface area (Å²) in [6, 6.07) is 6.92. The van der Waals surface area contributed by atoms with Crippen molar-refractivity contribution in [3.63, 3.8) is 0 Å². The molecule has 0 atom stereocenters. The first kappa shape index (κ1) is 15.0. The summed E-state index contributed by atoms with van der Waals surface area (Å²) in [6.45, 7) is 2.06. The van der Waals surface area contributed by atoms with Crippen molar-refractivity contribution < 1.29 is 14.3 Å². The Morgan fingerprint density at radius 2 is 1.83 bits per heavy atom. The number of benzene rings is 1. The molecule has 0 bridgehead atoms. The van der Waals surface area contributed by atoms with E-state index >= 15 is 0 Å². The molecule has 1 aromatic rings. The molecule has 0 aromatic heterocycles. The summed E-state index contributed by atoms with van der Waals surface area (Å²) in [5, 5.41) is 0.555. The van der Waals surface area contributed by atoms with Gasteiger partial charge in [0.05, 0.1) is 13.2 Å². The molecule has 18 heavy (non-hydrogen) atoms. The van der Waals surface area contributed by atoms with E-state index in [1.165, 1.54) is 0 Å². The molecule has 1 aromatic carbocycles. The van der Waals surface area contributed by atoms with Gasteiger partial charge in [-0.15, -0.1) is 0 Å². The third kappa shape index (κ3) is 4.64. The Morgan fingerprint density at radius 1 is 1.22 bits per heavy atom. The summed E-state index contributed by atoms with van der Waals surface area (Å²) in [6.07, 6.45) is 0. The second kappa shape index (κ2) is 8.08. The first-order chi connectivity index (χ1) is 8.69. The lowest BCUT2D eigenvalue weighted by Gasteiger charge is -2.22. The predicted octanol–water partition coefficient (Wildman–Crippen LogP) is 2.08. The normalized spacial score (nSPS) is 10.4. The molecular formula is C13H18ClNO3. The average Bonchev–Trinajstić information content (AvgIpc) is 2.38. The number of methoxy groups -OCH3 is 2. The molecule has 5 heteroatoms.